The molecule has 0 saturated carbocycles. The standard InChI is InChI=1S/C31H33N7O3S/c1-22(2)29(39)38(25-10-6-5-7-11-25)31-34-26-12-8-9-13-27(26)37(31)21-36(3)28-18-19-32-30(35-28)33-24-16-14-23(15-17-24)20-42(4,40)41/h5-19,22H,20-21H2,1-4H3,(H,32,33,35). The van der Waals surface area contributed by atoms with E-state index in [1.807, 2.05) is 91.0 Å². The number of nitrogens with one attached hydrogen (secondary N) is 1. The lowest BCUT2D eigenvalue weighted by molar-refractivity contribution is -0.120. The minimum Gasteiger partial charge on any atom is -0.341 e. The van der Waals surface area contributed by atoms with Crippen molar-refractivity contribution in [2.24, 2.45) is 5.92 Å². The summed E-state index contributed by atoms with van der Waals surface area (Å²) in [6.07, 6.45) is 2.89. The summed E-state index contributed by atoms with van der Waals surface area (Å²) in [6, 6.07) is 26.3. The number of hydrogen-bond donors (Lipinski definition) is 1. The molecule has 0 fully saturated rings. The maximum Gasteiger partial charge on any atom is 0.236 e. The van der Waals surface area contributed by atoms with Crippen LogP contribution in [0.2, 0.25) is 0 Å². The molecule has 10 nitrogen and oxygen atoms in total. The SMILES string of the molecule is CC(C)C(=O)N(c1ccccc1)c1nc2ccccc2n1CN(C)c1ccnc(Nc2ccc(CS(C)(=O)=O)cc2)n1. The number of amides is 1. The second kappa shape index (κ2) is 12.0. The monoisotopic (exact) mass is 583 g/mol. The van der Waals surface area contributed by atoms with Gasteiger partial charge in [-0.25, -0.2) is 23.3 Å². The van der Waals surface area contributed by atoms with Gasteiger partial charge in [-0.2, -0.15) is 4.98 Å². The Bertz CT molecular complexity index is 1800. The molecule has 1 amide bonds. The van der Waals surface area contributed by atoms with Gasteiger partial charge in [-0.15, -0.1) is 0 Å². The van der Waals surface area contributed by atoms with Crippen LogP contribution in [-0.4, -0.2) is 47.1 Å². The van der Waals surface area contributed by atoms with Crippen molar-refractivity contribution in [3.8, 4) is 0 Å². The molecule has 0 radical (unpaired) electrons. The average Bonchev–Trinajstić information content (AvgIpc) is 3.31. The van der Waals surface area contributed by atoms with Gasteiger partial charge in [-0.05, 0) is 48.0 Å². The van der Waals surface area contributed by atoms with Gasteiger partial charge in [0, 0.05) is 31.1 Å². The van der Waals surface area contributed by atoms with E-state index < -0.39 is 9.84 Å². The van der Waals surface area contributed by atoms with Crippen molar-refractivity contribution in [2.75, 3.05) is 28.4 Å². The van der Waals surface area contributed by atoms with Crippen molar-refractivity contribution in [3.63, 3.8) is 0 Å². The van der Waals surface area contributed by atoms with Gasteiger partial charge in [0.05, 0.1) is 29.1 Å². The maximum atomic E-state index is 13.5. The molecule has 3 aromatic carbocycles. The number of sulfone groups is 1. The van der Waals surface area contributed by atoms with Crippen LogP contribution in [0.4, 0.5) is 29.1 Å². The van der Waals surface area contributed by atoms with Crippen molar-refractivity contribution in [1.29, 1.82) is 0 Å². The van der Waals surface area contributed by atoms with E-state index in [4.69, 9.17) is 9.97 Å². The number of nitrogens with zero attached hydrogens (tertiary/aromatic N) is 6. The molecule has 11 heteroatoms. The molecule has 0 saturated heterocycles. The number of para-hydroxylation sites is 3. The first-order valence-corrected chi connectivity index (χ1v) is 15.6. The first-order valence-electron chi connectivity index (χ1n) is 13.5. The van der Waals surface area contributed by atoms with E-state index in [1.165, 1.54) is 6.26 Å². The molecule has 5 rings (SSSR count). The molecule has 0 bridgehead atoms. The second-order valence-corrected chi connectivity index (χ2v) is 12.6. The van der Waals surface area contributed by atoms with Gasteiger partial charge >= 0.3 is 0 Å². The molecule has 2 heterocycles. The molecular formula is C31H33N7O3S. The minimum atomic E-state index is -3.11. The second-order valence-electron chi connectivity index (χ2n) is 10.5. The number of anilines is 5. The number of benzene rings is 3. The fourth-order valence-electron chi connectivity index (χ4n) is 4.57. The Hall–Kier alpha value is -4.77. The topological polar surface area (TPSA) is 113 Å². The number of imidazole rings is 1. The van der Waals surface area contributed by atoms with E-state index >= 15 is 0 Å². The zero-order valence-electron chi connectivity index (χ0n) is 24.0. The highest BCUT2D eigenvalue weighted by Crippen LogP contribution is 2.31. The summed E-state index contributed by atoms with van der Waals surface area (Å²) in [6.45, 7) is 4.12. The Morgan fingerprint density at radius 2 is 1.62 bits per heavy atom. The van der Waals surface area contributed by atoms with E-state index in [2.05, 4.69) is 10.3 Å². The summed E-state index contributed by atoms with van der Waals surface area (Å²) in [5, 5.41) is 3.19. The lowest BCUT2D eigenvalue weighted by Crippen LogP contribution is -2.33. The fourth-order valence-corrected chi connectivity index (χ4v) is 5.37. The number of hydrogen-bond acceptors (Lipinski definition) is 8. The summed E-state index contributed by atoms with van der Waals surface area (Å²) in [7, 11) is -1.19. The third-order valence-corrected chi connectivity index (χ3v) is 7.45. The van der Waals surface area contributed by atoms with Gasteiger partial charge in [0.15, 0.2) is 9.84 Å². The van der Waals surface area contributed by atoms with Gasteiger partial charge in [0.1, 0.15) is 5.82 Å². The van der Waals surface area contributed by atoms with Crippen LogP contribution >= 0.6 is 0 Å². The lowest BCUT2D eigenvalue weighted by Gasteiger charge is -2.27. The van der Waals surface area contributed by atoms with Crippen LogP contribution in [0.25, 0.3) is 11.0 Å². The third kappa shape index (κ3) is 6.58. The van der Waals surface area contributed by atoms with Gasteiger partial charge in [0.2, 0.25) is 17.8 Å². The quantitative estimate of drug-likeness (QED) is 0.228. The Kier molecular flexibility index (Phi) is 8.21. The number of fused-ring (bicyclic) bond motifs is 1. The van der Waals surface area contributed by atoms with Gasteiger partial charge in [0.25, 0.3) is 0 Å². The van der Waals surface area contributed by atoms with Crippen LogP contribution in [-0.2, 0) is 27.1 Å². The summed E-state index contributed by atoms with van der Waals surface area (Å²) in [4.78, 5) is 31.1. The molecule has 0 aliphatic heterocycles. The molecular weight excluding hydrogens is 550 g/mol. The van der Waals surface area contributed by atoms with Crippen LogP contribution in [0, 0.1) is 5.92 Å². The molecule has 42 heavy (non-hydrogen) atoms. The van der Waals surface area contributed by atoms with Crippen molar-refractivity contribution < 1.29 is 13.2 Å². The van der Waals surface area contributed by atoms with Crippen molar-refractivity contribution >= 4 is 55.9 Å². The Labute approximate surface area is 245 Å². The zero-order chi connectivity index (χ0) is 29.9. The summed E-state index contributed by atoms with van der Waals surface area (Å²) in [5.74, 6) is 1.26. The summed E-state index contributed by atoms with van der Waals surface area (Å²) >= 11 is 0. The minimum absolute atomic E-state index is 0.0144. The van der Waals surface area contributed by atoms with Crippen molar-refractivity contribution in [2.45, 2.75) is 26.3 Å². The van der Waals surface area contributed by atoms with Crippen LogP contribution in [0.15, 0.2) is 91.1 Å². The van der Waals surface area contributed by atoms with E-state index in [9.17, 15) is 13.2 Å². The molecule has 0 aliphatic rings. The van der Waals surface area contributed by atoms with Crippen molar-refractivity contribution in [3.05, 3.63) is 96.7 Å². The molecule has 5 aromatic rings. The molecule has 216 valence electrons. The normalized spacial score (nSPS) is 11.5. The van der Waals surface area contributed by atoms with Gasteiger partial charge < -0.3 is 10.2 Å². The molecule has 0 aliphatic carbocycles. The molecule has 0 atom stereocenters. The van der Waals surface area contributed by atoms with Gasteiger partial charge in [-0.1, -0.05) is 56.3 Å². The molecule has 0 spiro atoms. The van der Waals surface area contributed by atoms with E-state index in [-0.39, 0.29) is 17.6 Å². The van der Waals surface area contributed by atoms with E-state index in [1.54, 1.807) is 35.4 Å². The number of carbonyl (C=O) groups excluding carboxylic acids is 1. The largest absolute Gasteiger partial charge is 0.341 e. The predicted octanol–water partition coefficient (Wildman–Crippen LogP) is 5.53. The zero-order valence-corrected chi connectivity index (χ0v) is 24.8. The van der Waals surface area contributed by atoms with Gasteiger partial charge in [-0.3, -0.25) is 9.36 Å². The molecule has 0 unspecified atom stereocenters. The maximum absolute atomic E-state index is 13.5. The van der Waals surface area contributed by atoms with Crippen LogP contribution in [0.3, 0.4) is 0 Å². The Balaban J connectivity index is 1.45. The van der Waals surface area contributed by atoms with E-state index in [0.29, 0.717) is 29.9 Å². The molecule has 2 aromatic heterocycles. The number of aromatic nitrogens is 4. The van der Waals surface area contributed by atoms with Crippen molar-refractivity contribution in [1.82, 2.24) is 19.5 Å². The van der Waals surface area contributed by atoms with Crippen LogP contribution in [0.5, 0.6) is 0 Å². The first kappa shape index (κ1) is 28.7. The highest BCUT2D eigenvalue weighted by atomic mass is 32.2. The van der Waals surface area contributed by atoms with Crippen LogP contribution < -0.4 is 15.1 Å². The predicted molar refractivity (Wildman–Crippen MR) is 167 cm³/mol. The highest BCUT2D eigenvalue weighted by Gasteiger charge is 2.27. The summed E-state index contributed by atoms with van der Waals surface area (Å²) in [5.41, 5.74) is 3.86. The number of rotatable bonds is 10. The van der Waals surface area contributed by atoms with Crippen LogP contribution in [0.1, 0.15) is 19.4 Å². The first-order chi connectivity index (χ1) is 20.1. The molecule has 1 N–H and O–H groups in total. The van der Waals surface area contributed by atoms with E-state index in [0.717, 1.165) is 22.4 Å². The fraction of sp³-hybridized carbons (Fsp3) is 0.226. The Morgan fingerprint density at radius 1 is 0.929 bits per heavy atom. The number of carbonyl (C=O) groups is 1. The summed E-state index contributed by atoms with van der Waals surface area (Å²) < 4.78 is 25.2. The third-order valence-electron chi connectivity index (χ3n) is 6.59. The Morgan fingerprint density at radius 3 is 2.31 bits per heavy atom. The lowest BCUT2D eigenvalue weighted by atomic mass is 10.1. The average molecular weight is 584 g/mol. The smallest absolute Gasteiger partial charge is 0.236 e. The highest BCUT2D eigenvalue weighted by molar-refractivity contribution is 7.89.